The topological polar surface area (TPSA) is 72.5 Å². The van der Waals surface area contributed by atoms with Gasteiger partial charge in [-0.25, -0.2) is 0 Å². The van der Waals surface area contributed by atoms with E-state index in [1.54, 1.807) is 6.07 Å². The highest BCUT2D eigenvalue weighted by Crippen LogP contribution is 2.29. The summed E-state index contributed by atoms with van der Waals surface area (Å²) in [5.41, 5.74) is 7.00. The lowest BCUT2D eigenvalue weighted by molar-refractivity contribution is -0.0979. The molecule has 0 unspecified atom stereocenters. The smallest absolute Gasteiger partial charge is 0.160 e. The zero-order valence-electron chi connectivity index (χ0n) is 7.70. The van der Waals surface area contributed by atoms with Crippen LogP contribution in [0.25, 0.3) is 0 Å². The SMILES string of the molecule is C=O.COc1cc(C)c(N)cc1O. The number of benzene rings is 1. The van der Waals surface area contributed by atoms with Crippen LogP contribution in [0.4, 0.5) is 5.69 Å². The van der Waals surface area contributed by atoms with Crippen LogP contribution >= 0.6 is 0 Å². The minimum absolute atomic E-state index is 0.0793. The number of nitrogens with two attached hydrogens (primary N) is 1. The summed E-state index contributed by atoms with van der Waals surface area (Å²) in [4.78, 5) is 8.00. The van der Waals surface area contributed by atoms with Gasteiger partial charge in [0.25, 0.3) is 0 Å². The van der Waals surface area contributed by atoms with Crippen LogP contribution in [0.1, 0.15) is 5.56 Å². The second-order valence-corrected chi connectivity index (χ2v) is 2.38. The maximum Gasteiger partial charge on any atom is 0.160 e. The third-order valence-electron chi connectivity index (χ3n) is 1.57. The molecule has 13 heavy (non-hydrogen) atoms. The van der Waals surface area contributed by atoms with Gasteiger partial charge < -0.3 is 20.4 Å². The van der Waals surface area contributed by atoms with E-state index in [1.807, 2.05) is 13.7 Å². The second kappa shape index (κ2) is 5.03. The number of ether oxygens (including phenoxy) is 1. The molecule has 0 bridgehead atoms. The van der Waals surface area contributed by atoms with Crippen molar-refractivity contribution < 1.29 is 14.6 Å². The van der Waals surface area contributed by atoms with E-state index in [2.05, 4.69) is 0 Å². The molecule has 0 heterocycles. The Hall–Kier alpha value is -1.71. The van der Waals surface area contributed by atoms with Crippen LogP contribution in [-0.2, 0) is 4.79 Å². The first-order valence-corrected chi connectivity index (χ1v) is 3.57. The monoisotopic (exact) mass is 183 g/mol. The Labute approximate surface area is 76.9 Å². The fourth-order valence-corrected chi connectivity index (χ4v) is 0.850. The molecule has 72 valence electrons. The zero-order chi connectivity index (χ0) is 10.4. The summed E-state index contributed by atoms with van der Waals surface area (Å²) in [6.45, 7) is 3.86. The van der Waals surface area contributed by atoms with E-state index in [-0.39, 0.29) is 5.75 Å². The molecular weight excluding hydrogens is 170 g/mol. The molecule has 3 N–H and O–H groups in total. The van der Waals surface area contributed by atoms with Crippen molar-refractivity contribution in [2.45, 2.75) is 6.92 Å². The van der Waals surface area contributed by atoms with Crippen molar-refractivity contribution in [3.05, 3.63) is 17.7 Å². The van der Waals surface area contributed by atoms with Crippen LogP contribution in [0.5, 0.6) is 11.5 Å². The standard InChI is InChI=1S/C8H11NO2.CH2O/c1-5-3-8(11-2)7(10)4-6(5)9;1-2/h3-4,10H,9H2,1-2H3;1H2. The molecule has 4 heteroatoms. The molecule has 1 aromatic carbocycles. The minimum atomic E-state index is 0.0793. The number of nitrogen functional groups attached to an aromatic ring is 1. The number of hydrogen-bond donors (Lipinski definition) is 2. The second-order valence-electron chi connectivity index (χ2n) is 2.38. The fourth-order valence-electron chi connectivity index (χ4n) is 0.850. The molecule has 0 atom stereocenters. The highest BCUT2D eigenvalue weighted by atomic mass is 16.5. The van der Waals surface area contributed by atoms with Gasteiger partial charge in [0, 0.05) is 11.8 Å². The fraction of sp³-hybridized carbons (Fsp3) is 0.222. The van der Waals surface area contributed by atoms with Gasteiger partial charge in [-0.15, -0.1) is 0 Å². The first-order valence-electron chi connectivity index (χ1n) is 3.57. The molecule has 0 aliphatic carbocycles. The van der Waals surface area contributed by atoms with E-state index in [9.17, 15) is 5.11 Å². The molecule has 0 saturated carbocycles. The minimum Gasteiger partial charge on any atom is -0.504 e. The van der Waals surface area contributed by atoms with E-state index >= 15 is 0 Å². The van der Waals surface area contributed by atoms with E-state index in [0.717, 1.165) is 5.56 Å². The lowest BCUT2D eigenvalue weighted by Gasteiger charge is -2.05. The number of carbonyl (C=O) groups excluding carboxylic acids is 1. The van der Waals surface area contributed by atoms with Crippen LogP contribution in [0.15, 0.2) is 12.1 Å². The summed E-state index contributed by atoms with van der Waals surface area (Å²) >= 11 is 0. The first kappa shape index (κ1) is 11.3. The number of phenolic OH excluding ortho intramolecular Hbond substituents is 1. The third kappa shape index (κ3) is 2.66. The van der Waals surface area contributed by atoms with Crippen molar-refractivity contribution in [2.75, 3.05) is 12.8 Å². The number of methoxy groups -OCH3 is 1. The Morgan fingerprint density at radius 3 is 2.46 bits per heavy atom. The highest BCUT2D eigenvalue weighted by Gasteiger charge is 2.02. The number of aryl methyl sites for hydroxylation is 1. The number of anilines is 1. The number of aromatic hydroxyl groups is 1. The van der Waals surface area contributed by atoms with Gasteiger partial charge in [0.2, 0.25) is 0 Å². The Morgan fingerprint density at radius 2 is 2.00 bits per heavy atom. The molecule has 0 aromatic heterocycles. The van der Waals surface area contributed by atoms with Crippen molar-refractivity contribution >= 4 is 12.5 Å². The first-order chi connectivity index (χ1) is 6.15. The van der Waals surface area contributed by atoms with Crippen molar-refractivity contribution in [1.82, 2.24) is 0 Å². The van der Waals surface area contributed by atoms with Crippen LogP contribution in [0, 0.1) is 6.92 Å². The lowest BCUT2D eigenvalue weighted by atomic mass is 10.2. The molecule has 1 aromatic rings. The lowest BCUT2D eigenvalue weighted by Crippen LogP contribution is -1.91. The van der Waals surface area contributed by atoms with Gasteiger partial charge in [-0.2, -0.15) is 0 Å². The number of carbonyl (C=O) groups is 1. The Morgan fingerprint density at radius 1 is 1.46 bits per heavy atom. The predicted octanol–water partition coefficient (Wildman–Crippen LogP) is 1.11. The number of phenols is 1. The summed E-state index contributed by atoms with van der Waals surface area (Å²) in [6.07, 6.45) is 0. The summed E-state index contributed by atoms with van der Waals surface area (Å²) in [5, 5.41) is 9.21. The van der Waals surface area contributed by atoms with Gasteiger partial charge in [-0.05, 0) is 18.6 Å². The Kier molecular flexibility index (Phi) is 4.37. The van der Waals surface area contributed by atoms with E-state index in [1.165, 1.54) is 13.2 Å². The average Bonchev–Trinajstić information content (AvgIpc) is 2.15. The summed E-state index contributed by atoms with van der Waals surface area (Å²) < 4.78 is 4.88. The quantitative estimate of drug-likeness (QED) is 0.639. The maximum atomic E-state index is 9.21. The van der Waals surface area contributed by atoms with Gasteiger partial charge in [0.15, 0.2) is 11.5 Å². The van der Waals surface area contributed by atoms with Crippen molar-refractivity contribution in [3.8, 4) is 11.5 Å². The summed E-state index contributed by atoms with van der Waals surface area (Å²) in [5.74, 6) is 0.535. The predicted molar refractivity (Wildman–Crippen MR) is 50.9 cm³/mol. The van der Waals surface area contributed by atoms with E-state index in [4.69, 9.17) is 15.3 Å². The molecular formula is C9H13NO3. The molecule has 0 fully saturated rings. The third-order valence-corrected chi connectivity index (χ3v) is 1.57. The van der Waals surface area contributed by atoms with Gasteiger partial charge in [0.05, 0.1) is 7.11 Å². The van der Waals surface area contributed by atoms with Crippen molar-refractivity contribution in [1.29, 1.82) is 0 Å². The highest BCUT2D eigenvalue weighted by molar-refractivity contribution is 5.56. The summed E-state index contributed by atoms with van der Waals surface area (Å²) in [6, 6.07) is 3.18. The van der Waals surface area contributed by atoms with Crippen LogP contribution in [-0.4, -0.2) is 19.0 Å². The molecule has 4 nitrogen and oxygen atoms in total. The average molecular weight is 183 g/mol. The largest absolute Gasteiger partial charge is 0.504 e. The van der Waals surface area contributed by atoms with E-state index in [0.29, 0.717) is 11.4 Å². The molecule has 0 aliphatic rings. The molecule has 1 rings (SSSR count). The van der Waals surface area contributed by atoms with Gasteiger partial charge >= 0.3 is 0 Å². The molecule has 0 saturated heterocycles. The number of rotatable bonds is 1. The van der Waals surface area contributed by atoms with Crippen LogP contribution < -0.4 is 10.5 Å². The van der Waals surface area contributed by atoms with Gasteiger partial charge in [-0.3, -0.25) is 0 Å². The molecule has 0 amide bonds. The van der Waals surface area contributed by atoms with Gasteiger partial charge in [0.1, 0.15) is 6.79 Å². The van der Waals surface area contributed by atoms with E-state index < -0.39 is 0 Å². The zero-order valence-corrected chi connectivity index (χ0v) is 7.70. The normalized spacial score (nSPS) is 8.46. The molecule has 0 aliphatic heterocycles. The van der Waals surface area contributed by atoms with Gasteiger partial charge in [-0.1, -0.05) is 0 Å². The molecule has 0 radical (unpaired) electrons. The van der Waals surface area contributed by atoms with Crippen LogP contribution in [0.2, 0.25) is 0 Å². The van der Waals surface area contributed by atoms with Crippen molar-refractivity contribution in [3.63, 3.8) is 0 Å². The summed E-state index contributed by atoms with van der Waals surface area (Å²) in [7, 11) is 1.50. The molecule has 0 spiro atoms. The Bertz CT molecular complexity index is 286. The van der Waals surface area contributed by atoms with Crippen LogP contribution in [0.3, 0.4) is 0 Å². The van der Waals surface area contributed by atoms with Crippen molar-refractivity contribution in [2.24, 2.45) is 0 Å². The number of hydrogen-bond acceptors (Lipinski definition) is 4. The maximum absolute atomic E-state index is 9.21. The Balaban J connectivity index is 0.000000671.